The summed E-state index contributed by atoms with van der Waals surface area (Å²) in [6.45, 7) is 3.55. The van der Waals surface area contributed by atoms with E-state index in [1.807, 2.05) is 0 Å². The molecule has 7 heteroatoms. The van der Waals surface area contributed by atoms with Crippen molar-refractivity contribution >= 4 is 56.0 Å². The first-order valence-corrected chi connectivity index (χ1v) is 6.82. The van der Waals surface area contributed by atoms with Crippen LogP contribution in [0.2, 0.25) is 0 Å². The molecule has 1 fully saturated rings. The summed E-state index contributed by atoms with van der Waals surface area (Å²) in [5.41, 5.74) is 2.89. The van der Waals surface area contributed by atoms with Gasteiger partial charge in [-0.1, -0.05) is 34.3 Å². The lowest BCUT2D eigenvalue weighted by atomic mass is 10.2. The number of carbonyl (C=O) groups is 2. The minimum Gasteiger partial charge on any atom is -0.267 e. The largest absolute Gasteiger partial charge is 0.284 e. The van der Waals surface area contributed by atoms with Crippen molar-refractivity contribution in [3.63, 3.8) is 0 Å². The summed E-state index contributed by atoms with van der Waals surface area (Å²) in [5.74, 6) is -0.788. The number of thiocarbonyl (C=S) groups is 1. The third kappa shape index (κ3) is 2.63. The highest BCUT2D eigenvalue weighted by atomic mass is 79.9. The molecule has 18 heavy (non-hydrogen) atoms. The number of hydrogen-bond acceptors (Lipinski definition) is 4. The van der Waals surface area contributed by atoms with Crippen LogP contribution >= 0.6 is 39.9 Å². The molecule has 1 N–H and O–H groups in total. The van der Waals surface area contributed by atoms with Gasteiger partial charge in [-0.15, -0.1) is 0 Å². The topological polar surface area (TPSA) is 49.4 Å². The van der Waals surface area contributed by atoms with Crippen molar-refractivity contribution in [2.24, 2.45) is 0 Å². The SMILES string of the molecule is C=C1SC(=S)N(NC(=O)c2ccc(Br)cc2)C1=O. The fraction of sp³-hybridized carbons (Fsp3) is 0. The van der Waals surface area contributed by atoms with Crippen LogP contribution < -0.4 is 5.43 Å². The van der Waals surface area contributed by atoms with E-state index in [-0.39, 0.29) is 4.32 Å². The second-order valence-electron chi connectivity index (χ2n) is 3.38. The van der Waals surface area contributed by atoms with Crippen LogP contribution in [0.15, 0.2) is 40.2 Å². The molecule has 2 amide bonds. The maximum Gasteiger partial charge on any atom is 0.284 e. The Bertz CT molecular complexity index is 557. The minimum absolute atomic E-state index is 0.274. The van der Waals surface area contributed by atoms with E-state index < -0.39 is 11.8 Å². The van der Waals surface area contributed by atoms with E-state index in [1.54, 1.807) is 24.3 Å². The maximum atomic E-state index is 11.9. The van der Waals surface area contributed by atoms with Crippen LogP contribution in [-0.2, 0) is 4.79 Å². The molecule has 1 aromatic rings. The summed E-state index contributed by atoms with van der Waals surface area (Å²) in [4.78, 5) is 23.8. The Hall–Kier alpha value is -1.18. The second kappa shape index (κ2) is 5.21. The third-order valence-electron chi connectivity index (χ3n) is 2.15. The summed E-state index contributed by atoms with van der Waals surface area (Å²) in [6.07, 6.45) is 0. The van der Waals surface area contributed by atoms with Crippen LogP contribution in [0.25, 0.3) is 0 Å². The van der Waals surface area contributed by atoms with Crippen molar-refractivity contribution in [3.8, 4) is 0 Å². The molecule has 4 nitrogen and oxygen atoms in total. The van der Waals surface area contributed by atoms with Gasteiger partial charge in [0.05, 0.1) is 4.91 Å². The van der Waals surface area contributed by atoms with Gasteiger partial charge in [0.25, 0.3) is 11.8 Å². The Kier molecular flexibility index (Phi) is 3.84. The number of amides is 2. The van der Waals surface area contributed by atoms with Gasteiger partial charge < -0.3 is 0 Å². The summed E-state index contributed by atoms with van der Waals surface area (Å²) < 4.78 is 1.14. The highest BCUT2D eigenvalue weighted by molar-refractivity contribution is 9.10. The molecule has 0 atom stereocenters. The summed E-state index contributed by atoms with van der Waals surface area (Å²) in [6, 6.07) is 6.77. The third-order valence-corrected chi connectivity index (χ3v) is 3.89. The Labute approximate surface area is 122 Å². The van der Waals surface area contributed by atoms with Crippen LogP contribution in [0.5, 0.6) is 0 Å². The van der Waals surface area contributed by atoms with Crippen molar-refractivity contribution in [3.05, 3.63) is 45.8 Å². The molecule has 1 heterocycles. The number of rotatable bonds is 2. The Morgan fingerprint density at radius 1 is 1.39 bits per heavy atom. The van der Waals surface area contributed by atoms with Gasteiger partial charge in [-0.25, -0.2) is 0 Å². The van der Waals surface area contributed by atoms with E-state index in [1.165, 1.54) is 0 Å². The van der Waals surface area contributed by atoms with Gasteiger partial charge in [0.1, 0.15) is 0 Å². The number of hydrazine groups is 1. The summed E-state index contributed by atoms with van der Waals surface area (Å²) >= 11 is 9.31. The molecule has 0 aromatic heterocycles. The molecule has 92 valence electrons. The summed E-state index contributed by atoms with van der Waals surface area (Å²) in [5, 5.41) is 1.03. The summed E-state index contributed by atoms with van der Waals surface area (Å²) in [7, 11) is 0. The molecule has 0 radical (unpaired) electrons. The molecule has 0 saturated carbocycles. The molecule has 1 aromatic carbocycles. The molecule has 2 rings (SSSR count). The number of benzene rings is 1. The monoisotopic (exact) mass is 342 g/mol. The Morgan fingerprint density at radius 2 is 2.00 bits per heavy atom. The first-order valence-electron chi connectivity index (χ1n) is 4.81. The Balaban J connectivity index is 2.12. The van der Waals surface area contributed by atoms with Gasteiger partial charge in [0, 0.05) is 10.0 Å². The van der Waals surface area contributed by atoms with Gasteiger partial charge >= 0.3 is 0 Å². The van der Waals surface area contributed by atoms with Crippen molar-refractivity contribution in [1.82, 2.24) is 10.4 Å². The zero-order valence-corrected chi connectivity index (χ0v) is 12.2. The van der Waals surface area contributed by atoms with Crippen LogP contribution in [0.4, 0.5) is 0 Å². The number of hydrogen-bond donors (Lipinski definition) is 1. The quantitative estimate of drug-likeness (QED) is 0.662. The fourth-order valence-electron chi connectivity index (χ4n) is 1.27. The number of nitrogens with zero attached hydrogens (tertiary/aromatic N) is 1. The van der Waals surface area contributed by atoms with E-state index in [9.17, 15) is 9.59 Å². The highest BCUT2D eigenvalue weighted by Crippen LogP contribution is 2.27. The van der Waals surface area contributed by atoms with Crippen LogP contribution in [0, 0.1) is 0 Å². The minimum atomic E-state index is -0.395. The van der Waals surface area contributed by atoms with E-state index in [4.69, 9.17) is 12.2 Å². The lowest BCUT2D eigenvalue weighted by Gasteiger charge is -2.15. The molecule has 1 saturated heterocycles. The number of nitrogens with one attached hydrogen (secondary N) is 1. The zero-order chi connectivity index (χ0) is 13.3. The van der Waals surface area contributed by atoms with Gasteiger partial charge in [-0.2, -0.15) is 5.01 Å². The number of halogens is 1. The number of thioether (sulfide) groups is 1. The van der Waals surface area contributed by atoms with Crippen molar-refractivity contribution in [2.75, 3.05) is 0 Å². The molecular weight excluding hydrogens is 336 g/mol. The zero-order valence-electron chi connectivity index (χ0n) is 8.97. The van der Waals surface area contributed by atoms with Crippen molar-refractivity contribution < 1.29 is 9.59 Å². The second-order valence-corrected chi connectivity index (χ2v) is 6.02. The van der Waals surface area contributed by atoms with Gasteiger partial charge in [-0.05, 0) is 36.5 Å². The fourth-order valence-corrected chi connectivity index (χ4v) is 2.57. The first-order chi connectivity index (χ1) is 8.49. The average Bonchev–Trinajstić information content (AvgIpc) is 2.57. The van der Waals surface area contributed by atoms with Crippen molar-refractivity contribution in [1.29, 1.82) is 0 Å². The smallest absolute Gasteiger partial charge is 0.267 e. The van der Waals surface area contributed by atoms with Gasteiger partial charge in [0.15, 0.2) is 4.32 Å². The average molecular weight is 343 g/mol. The maximum absolute atomic E-state index is 11.9. The van der Waals surface area contributed by atoms with E-state index in [0.717, 1.165) is 21.2 Å². The molecule has 0 bridgehead atoms. The van der Waals surface area contributed by atoms with E-state index in [2.05, 4.69) is 27.9 Å². The molecule has 1 aliphatic heterocycles. The van der Waals surface area contributed by atoms with Crippen molar-refractivity contribution in [2.45, 2.75) is 0 Å². The highest BCUT2D eigenvalue weighted by Gasteiger charge is 2.32. The predicted octanol–water partition coefficient (Wildman–Crippen LogP) is 2.47. The van der Waals surface area contributed by atoms with Crippen LogP contribution in [0.1, 0.15) is 10.4 Å². The van der Waals surface area contributed by atoms with E-state index >= 15 is 0 Å². The standard InChI is InChI=1S/C11H7BrN2O2S2/c1-6-10(16)14(11(17)18-6)13-9(15)7-2-4-8(12)5-3-7/h2-5H,1H2,(H,13,15). The lowest BCUT2D eigenvalue weighted by molar-refractivity contribution is -0.123. The normalized spacial score (nSPS) is 15.2. The molecule has 0 spiro atoms. The molecule has 0 aliphatic carbocycles. The lowest BCUT2D eigenvalue weighted by Crippen LogP contribution is -2.44. The van der Waals surface area contributed by atoms with Crippen LogP contribution in [0.3, 0.4) is 0 Å². The number of carbonyl (C=O) groups excluding carboxylic acids is 2. The van der Waals surface area contributed by atoms with Crippen LogP contribution in [-0.4, -0.2) is 21.1 Å². The predicted molar refractivity (Wildman–Crippen MR) is 77.8 cm³/mol. The van der Waals surface area contributed by atoms with Gasteiger partial charge in [-0.3, -0.25) is 15.0 Å². The van der Waals surface area contributed by atoms with Gasteiger partial charge in [0.2, 0.25) is 0 Å². The first kappa shape index (κ1) is 13.3. The molecular formula is C11H7BrN2O2S2. The van der Waals surface area contributed by atoms with E-state index in [0.29, 0.717) is 10.5 Å². The molecule has 1 aliphatic rings. The Morgan fingerprint density at radius 3 is 2.50 bits per heavy atom. The molecule has 0 unspecified atom stereocenters.